The van der Waals surface area contributed by atoms with Gasteiger partial charge >= 0.3 is 5.97 Å². The summed E-state index contributed by atoms with van der Waals surface area (Å²) < 4.78 is 12.1. The smallest absolute Gasteiger partial charge is 0.331 e. The molecule has 0 unspecified atom stereocenters. The number of esters is 1. The van der Waals surface area contributed by atoms with E-state index >= 15 is 0 Å². The molecular formula is C19H26O4. The Hall–Kier alpha value is -1.16. The average Bonchev–Trinajstić information content (AvgIpc) is 3.02. The third kappa shape index (κ3) is 2.00. The molecule has 1 spiro atoms. The van der Waals surface area contributed by atoms with Gasteiger partial charge in [-0.15, -0.1) is 0 Å². The second kappa shape index (κ2) is 4.69. The minimum absolute atomic E-state index is 0.145. The van der Waals surface area contributed by atoms with Gasteiger partial charge < -0.3 is 9.47 Å². The molecule has 0 aromatic carbocycles. The fraction of sp³-hybridized carbons (Fsp3) is 0.789. The van der Waals surface area contributed by atoms with Crippen molar-refractivity contribution in [3.05, 3.63) is 12.2 Å². The first-order valence-electron chi connectivity index (χ1n) is 8.86. The van der Waals surface area contributed by atoms with E-state index < -0.39 is 5.60 Å². The van der Waals surface area contributed by atoms with Crippen LogP contribution in [0.4, 0.5) is 0 Å². The highest BCUT2D eigenvalue weighted by atomic mass is 16.6. The molecule has 4 heteroatoms. The van der Waals surface area contributed by atoms with E-state index in [0.717, 1.165) is 6.42 Å². The van der Waals surface area contributed by atoms with E-state index in [1.54, 1.807) is 0 Å². The molecule has 3 fully saturated rings. The van der Waals surface area contributed by atoms with Gasteiger partial charge in [-0.05, 0) is 42.1 Å². The zero-order chi connectivity index (χ0) is 16.5. The molecule has 0 saturated heterocycles. The molecule has 2 bridgehead atoms. The van der Waals surface area contributed by atoms with Gasteiger partial charge in [0.1, 0.15) is 11.9 Å². The lowest BCUT2D eigenvalue weighted by Gasteiger charge is -2.44. The van der Waals surface area contributed by atoms with Crippen molar-refractivity contribution in [1.82, 2.24) is 0 Å². The molecule has 1 aliphatic heterocycles. The molecule has 5 atom stereocenters. The highest BCUT2D eigenvalue weighted by Gasteiger charge is 2.63. The number of ether oxygens (including phenoxy) is 2. The Kier molecular flexibility index (Phi) is 3.13. The maximum absolute atomic E-state index is 12.0. The second-order valence-corrected chi connectivity index (χ2v) is 8.68. The molecule has 3 saturated carbocycles. The summed E-state index contributed by atoms with van der Waals surface area (Å²) in [7, 11) is 0. The van der Waals surface area contributed by atoms with Crippen LogP contribution in [0.5, 0.6) is 0 Å². The zero-order valence-corrected chi connectivity index (χ0v) is 14.3. The summed E-state index contributed by atoms with van der Waals surface area (Å²) in [5, 5.41) is 0. The van der Waals surface area contributed by atoms with E-state index in [0.29, 0.717) is 25.2 Å². The van der Waals surface area contributed by atoms with Gasteiger partial charge in [0, 0.05) is 25.3 Å². The summed E-state index contributed by atoms with van der Waals surface area (Å²) >= 11 is 0. The number of fused-ring (bicyclic) bond motifs is 2. The van der Waals surface area contributed by atoms with E-state index in [4.69, 9.17) is 9.47 Å². The Morgan fingerprint density at radius 1 is 1.17 bits per heavy atom. The second-order valence-electron chi connectivity index (χ2n) is 8.68. The van der Waals surface area contributed by atoms with E-state index in [9.17, 15) is 9.59 Å². The van der Waals surface area contributed by atoms with Crippen molar-refractivity contribution < 1.29 is 19.1 Å². The lowest BCUT2D eigenvalue weighted by Crippen LogP contribution is -2.51. The molecule has 23 heavy (non-hydrogen) atoms. The largest absolute Gasteiger partial charge is 0.449 e. The predicted octanol–water partition coefficient (Wildman–Crippen LogP) is 3.19. The van der Waals surface area contributed by atoms with Crippen molar-refractivity contribution in [2.24, 2.45) is 16.7 Å². The normalized spacial score (nSPS) is 47.5. The van der Waals surface area contributed by atoms with E-state index in [2.05, 4.69) is 20.8 Å². The fourth-order valence-electron chi connectivity index (χ4n) is 5.45. The van der Waals surface area contributed by atoms with E-state index in [1.807, 2.05) is 6.08 Å². The van der Waals surface area contributed by atoms with Crippen LogP contribution in [0.1, 0.15) is 59.3 Å². The average molecular weight is 318 g/mol. The monoisotopic (exact) mass is 318 g/mol. The van der Waals surface area contributed by atoms with Crippen LogP contribution in [0.3, 0.4) is 0 Å². The first-order valence-corrected chi connectivity index (χ1v) is 8.86. The van der Waals surface area contributed by atoms with Crippen LogP contribution < -0.4 is 0 Å². The van der Waals surface area contributed by atoms with Crippen molar-refractivity contribution in [3.8, 4) is 0 Å². The third-order valence-corrected chi connectivity index (χ3v) is 7.59. The van der Waals surface area contributed by atoms with Gasteiger partial charge in [-0.2, -0.15) is 0 Å². The SMILES string of the molecule is CC1(C)[C@H]2CC[C@]1(C)[C@H](O[C@@H]1CC(=O)CC[C@]13C=CC(=O)O3)C2. The van der Waals surface area contributed by atoms with Gasteiger partial charge in [-0.25, -0.2) is 4.79 Å². The molecule has 126 valence electrons. The number of hydrogen-bond donors (Lipinski definition) is 0. The molecule has 1 heterocycles. The predicted molar refractivity (Wildman–Crippen MR) is 84.7 cm³/mol. The Morgan fingerprint density at radius 3 is 2.52 bits per heavy atom. The molecule has 0 radical (unpaired) electrons. The van der Waals surface area contributed by atoms with Crippen LogP contribution in [0, 0.1) is 16.7 Å². The van der Waals surface area contributed by atoms with Crippen molar-refractivity contribution >= 4 is 11.8 Å². The van der Waals surface area contributed by atoms with Crippen molar-refractivity contribution in [3.63, 3.8) is 0 Å². The molecule has 0 amide bonds. The van der Waals surface area contributed by atoms with Crippen LogP contribution in [0.25, 0.3) is 0 Å². The molecule has 4 rings (SSSR count). The van der Waals surface area contributed by atoms with Crippen molar-refractivity contribution in [1.29, 1.82) is 0 Å². The Morgan fingerprint density at radius 2 is 1.96 bits per heavy atom. The van der Waals surface area contributed by atoms with E-state index in [1.165, 1.54) is 18.9 Å². The number of rotatable bonds is 2. The van der Waals surface area contributed by atoms with Crippen molar-refractivity contribution in [2.45, 2.75) is 77.1 Å². The molecule has 0 aromatic heterocycles. The molecule has 4 nitrogen and oxygen atoms in total. The maximum Gasteiger partial charge on any atom is 0.331 e. The summed E-state index contributed by atoms with van der Waals surface area (Å²) in [4.78, 5) is 23.6. The quantitative estimate of drug-likeness (QED) is 0.734. The van der Waals surface area contributed by atoms with Crippen molar-refractivity contribution in [2.75, 3.05) is 0 Å². The summed E-state index contributed by atoms with van der Waals surface area (Å²) in [5.41, 5.74) is -0.301. The number of hydrogen-bond acceptors (Lipinski definition) is 4. The number of carbonyl (C=O) groups excluding carboxylic acids is 2. The Bertz CT molecular complexity index is 592. The van der Waals surface area contributed by atoms with Gasteiger partial charge in [0.2, 0.25) is 0 Å². The van der Waals surface area contributed by atoms with Gasteiger partial charge in [-0.1, -0.05) is 20.8 Å². The summed E-state index contributed by atoms with van der Waals surface area (Å²) in [6.45, 7) is 7.04. The summed E-state index contributed by atoms with van der Waals surface area (Å²) in [6, 6.07) is 0. The highest BCUT2D eigenvalue weighted by Crippen LogP contribution is 2.66. The van der Waals surface area contributed by atoms with E-state index in [-0.39, 0.29) is 34.8 Å². The number of ketones is 1. The zero-order valence-electron chi connectivity index (χ0n) is 14.3. The van der Waals surface area contributed by atoms with Gasteiger partial charge in [-0.3, -0.25) is 4.79 Å². The lowest BCUT2D eigenvalue weighted by molar-refractivity contribution is -0.186. The number of Topliss-reactive ketones (excluding diaryl/α,β-unsaturated/α-hetero) is 1. The first-order chi connectivity index (χ1) is 10.8. The minimum Gasteiger partial charge on any atom is -0.449 e. The van der Waals surface area contributed by atoms with Gasteiger partial charge in [0.15, 0.2) is 5.60 Å². The van der Waals surface area contributed by atoms with Crippen LogP contribution >= 0.6 is 0 Å². The van der Waals surface area contributed by atoms with Crippen LogP contribution in [0.15, 0.2) is 12.2 Å². The van der Waals surface area contributed by atoms with Gasteiger partial charge in [0.25, 0.3) is 0 Å². The third-order valence-electron chi connectivity index (χ3n) is 7.59. The van der Waals surface area contributed by atoms with Crippen LogP contribution in [-0.2, 0) is 19.1 Å². The summed E-state index contributed by atoms with van der Waals surface area (Å²) in [6.07, 6.45) is 8.01. The fourth-order valence-corrected chi connectivity index (χ4v) is 5.45. The Labute approximate surface area is 137 Å². The summed E-state index contributed by atoms with van der Waals surface area (Å²) in [5.74, 6) is 0.589. The molecular weight excluding hydrogens is 292 g/mol. The maximum atomic E-state index is 12.0. The molecule has 3 aliphatic carbocycles. The topological polar surface area (TPSA) is 52.6 Å². The number of carbonyl (C=O) groups is 2. The molecule has 4 aliphatic rings. The minimum atomic E-state index is -0.715. The highest BCUT2D eigenvalue weighted by molar-refractivity contribution is 5.87. The van der Waals surface area contributed by atoms with Gasteiger partial charge in [0.05, 0.1) is 6.10 Å². The standard InChI is InChI=1S/C19H26O4/c1-17(2)12-4-7-18(17,3)14(10-12)22-15-11-13(20)5-8-19(15)9-6-16(21)23-19/h6,9,12,14-15H,4-5,7-8,10-11H2,1-3H3/t12-,14+,15+,18+,19-/m0/s1. The molecule has 0 N–H and O–H groups in total. The Balaban J connectivity index is 1.59. The lowest BCUT2D eigenvalue weighted by atomic mass is 9.69. The first kappa shape index (κ1) is 15.4. The van der Waals surface area contributed by atoms with Crippen LogP contribution in [-0.4, -0.2) is 29.6 Å². The van der Waals surface area contributed by atoms with Crippen LogP contribution in [0.2, 0.25) is 0 Å². The molecule has 0 aromatic rings.